The van der Waals surface area contributed by atoms with E-state index in [1.54, 1.807) is 0 Å². The number of aliphatic hydroxyl groups excluding tert-OH is 1. The van der Waals surface area contributed by atoms with Crippen LogP contribution < -0.4 is 4.74 Å². The van der Waals surface area contributed by atoms with Crippen molar-refractivity contribution in [1.82, 2.24) is 0 Å². The first-order valence-corrected chi connectivity index (χ1v) is 4.19. The lowest BCUT2D eigenvalue weighted by atomic mass is 9.95. The van der Waals surface area contributed by atoms with Gasteiger partial charge in [0, 0.05) is 11.5 Å². The SMILES string of the molecule is CC1COc2ccccc2C1O. The van der Waals surface area contributed by atoms with Crippen LogP contribution in [0.15, 0.2) is 24.3 Å². The fraction of sp³-hybridized carbons (Fsp3) is 0.400. The van der Waals surface area contributed by atoms with Crippen LogP contribution in [0.1, 0.15) is 18.6 Å². The van der Waals surface area contributed by atoms with Gasteiger partial charge in [-0.25, -0.2) is 0 Å². The molecule has 1 N–H and O–H groups in total. The molecule has 0 amide bonds. The molecule has 2 heteroatoms. The molecule has 0 fully saturated rings. The Labute approximate surface area is 71.8 Å². The van der Waals surface area contributed by atoms with E-state index in [0.29, 0.717) is 6.61 Å². The van der Waals surface area contributed by atoms with Crippen LogP contribution in [-0.4, -0.2) is 11.7 Å². The van der Waals surface area contributed by atoms with Crippen LogP contribution >= 0.6 is 0 Å². The van der Waals surface area contributed by atoms with E-state index >= 15 is 0 Å². The highest BCUT2D eigenvalue weighted by molar-refractivity contribution is 5.36. The standard InChI is InChI=1S/C10H12O2/c1-7-6-12-9-5-3-2-4-8(9)10(7)11/h2-5,7,10-11H,6H2,1H3. The highest BCUT2D eigenvalue weighted by Gasteiger charge is 2.24. The second-order valence-corrected chi connectivity index (χ2v) is 3.27. The number of rotatable bonds is 0. The third-order valence-corrected chi connectivity index (χ3v) is 2.28. The summed E-state index contributed by atoms with van der Waals surface area (Å²) in [6, 6.07) is 7.64. The highest BCUT2D eigenvalue weighted by atomic mass is 16.5. The highest BCUT2D eigenvalue weighted by Crippen LogP contribution is 2.34. The molecule has 1 heterocycles. The average Bonchev–Trinajstić information content (AvgIpc) is 2.12. The monoisotopic (exact) mass is 164 g/mol. The number of aliphatic hydroxyl groups is 1. The predicted octanol–water partition coefficient (Wildman–Crippen LogP) is 1.75. The van der Waals surface area contributed by atoms with E-state index in [9.17, 15) is 5.11 Å². The number of fused-ring (bicyclic) bond motifs is 1. The largest absolute Gasteiger partial charge is 0.493 e. The zero-order valence-electron chi connectivity index (χ0n) is 7.03. The van der Waals surface area contributed by atoms with Crippen LogP contribution in [-0.2, 0) is 0 Å². The summed E-state index contributed by atoms with van der Waals surface area (Å²) in [6.45, 7) is 2.60. The van der Waals surface area contributed by atoms with E-state index in [1.807, 2.05) is 31.2 Å². The van der Waals surface area contributed by atoms with Crippen molar-refractivity contribution in [2.75, 3.05) is 6.61 Å². The van der Waals surface area contributed by atoms with E-state index in [4.69, 9.17) is 4.74 Å². The third-order valence-electron chi connectivity index (χ3n) is 2.28. The lowest BCUT2D eigenvalue weighted by molar-refractivity contribution is 0.0604. The van der Waals surface area contributed by atoms with Crippen molar-refractivity contribution < 1.29 is 9.84 Å². The van der Waals surface area contributed by atoms with Gasteiger partial charge in [0.25, 0.3) is 0 Å². The van der Waals surface area contributed by atoms with E-state index < -0.39 is 0 Å². The molecule has 0 bridgehead atoms. The summed E-state index contributed by atoms with van der Waals surface area (Å²) in [5, 5.41) is 9.75. The Bertz CT molecular complexity index is 283. The minimum atomic E-state index is -0.366. The predicted molar refractivity (Wildman–Crippen MR) is 46.1 cm³/mol. The van der Waals surface area contributed by atoms with Gasteiger partial charge in [-0.2, -0.15) is 0 Å². The maximum atomic E-state index is 9.75. The molecule has 1 aliphatic heterocycles. The van der Waals surface area contributed by atoms with Gasteiger partial charge in [-0.15, -0.1) is 0 Å². The van der Waals surface area contributed by atoms with E-state index in [2.05, 4.69) is 0 Å². The fourth-order valence-electron chi connectivity index (χ4n) is 1.48. The van der Waals surface area contributed by atoms with Gasteiger partial charge in [0.1, 0.15) is 5.75 Å². The number of ether oxygens (including phenoxy) is 1. The van der Waals surface area contributed by atoms with Crippen molar-refractivity contribution in [2.45, 2.75) is 13.0 Å². The molecule has 1 aliphatic rings. The van der Waals surface area contributed by atoms with Gasteiger partial charge in [0.2, 0.25) is 0 Å². The molecular formula is C10H12O2. The molecular weight excluding hydrogens is 152 g/mol. The Morgan fingerprint density at radius 3 is 3.00 bits per heavy atom. The first-order valence-electron chi connectivity index (χ1n) is 4.19. The Morgan fingerprint density at radius 1 is 1.42 bits per heavy atom. The van der Waals surface area contributed by atoms with Crippen molar-refractivity contribution >= 4 is 0 Å². The summed E-state index contributed by atoms with van der Waals surface area (Å²) in [5.74, 6) is 1.02. The smallest absolute Gasteiger partial charge is 0.125 e. The van der Waals surface area contributed by atoms with Crippen LogP contribution in [0.25, 0.3) is 0 Å². The third kappa shape index (κ3) is 1.08. The maximum absolute atomic E-state index is 9.75. The Hall–Kier alpha value is -1.02. The van der Waals surface area contributed by atoms with Gasteiger partial charge in [0.05, 0.1) is 12.7 Å². The van der Waals surface area contributed by atoms with Crippen molar-refractivity contribution in [3.8, 4) is 5.75 Å². The Kier molecular flexibility index (Phi) is 1.77. The molecule has 2 nitrogen and oxygen atoms in total. The second kappa shape index (κ2) is 2.79. The number of hydrogen-bond acceptors (Lipinski definition) is 2. The molecule has 12 heavy (non-hydrogen) atoms. The van der Waals surface area contributed by atoms with E-state index in [0.717, 1.165) is 11.3 Å². The fourth-order valence-corrected chi connectivity index (χ4v) is 1.48. The molecule has 2 unspecified atom stereocenters. The average molecular weight is 164 g/mol. The summed E-state index contributed by atoms with van der Waals surface area (Å²) in [6.07, 6.45) is -0.366. The normalized spacial score (nSPS) is 27.5. The van der Waals surface area contributed by atoms with E-state index in [1.165, 1.54) is 0 Å². The molecule has 1 aromatic carbocycles. The lowest BCUT2D eigenvalue weighted by Gasteiger charge is -2.27. The molecule has 0 radical (unpaired) electrons. The second-order valence-electron chi connectivity index (χ2n) is 3.27. The molecule has 2 rings (SSSR count). The maximum Gasteiger partial charge on any atom is 0.125 e. The van der Waals surface area contributed by atoms with Gasteiger partial charge in [-0.3, -0.25) is 0 Å². The number of benzene rings is 1. The minimum absolute atomic E-state index is 0.194. The summed E-state index contributed by atoms with van der Waals surface area (Å²) >= 11 is 0. The lowest BCUT2D eigenvalue weighted by Crippen LogP contribution is -2.23. The van der Waals surface area contributed by atoms with Crippen LogP contribution in [0.4, 0.5) is 0 Å². The molecule has 0 aromatic heterocycles. The van der Waals surface area contributed by atoms with Crippen molar-refractivity contribution in [3.05, 3.63) is 29.8 Å². The molecule has 1 aromatic rings. The molecule has 0 spiro atoms. The topological polar surface area (TPSA) is 29.5 Å². The van der Waals surface area contributed by atoms with Gasteiger partial charge >= 0.3 is 0 Å². The molecule has 64 valence electrons. The molecule has 2 atom stereocenters. The number of para-hydroxylation sites is 1. The van der Waals surface area contributed by atoms with Crippen molar-refractivity contribution in [1.29, 1.82) is 0 Å². The minimum Gasteiger partial charge on any atom is -0.493 e. The zero-order valence-corrected chi connectivity index (χ0v) is 7.03. The summed E-state index contributed by atoms with van der Waals surface area (Å²) in [7, 11) is 0. The van der Waals surface area contributed by atoms with Crippen LogP contribution in [0.3, 0.4) is 0 Å². The Balaban J connectivity index is 2.42. The van der Waals surface area contributed by atoms with Gasteiger partial charge in [-0.05, 0) is 6.07 Å². The van der Waals surface area contributed by atoms with Crippen molar-refractivity contribution in [2.24, 2.45) is 5.92 Å². The van der Waals surface area contributed by atoms with Crippen LogP contribution in [0, 0.1) is 5.92 Å². The summed E-state index contributed by atoms with van der Waals surface area (Å²) in [4.78, 5) is 0. The Morgan fingerprint density at radius 2 is 2.17 bits per heavy atom. The molecule has 0 saturated heterocycles. The van der Waals surface area contributed by atoms with E-state index in [-0.39, 0.29) is 12.0 Å². The number of hydrogen-bond donors (Lipinski definition) is 1. The first-order chi connectivity index (χ1) is 5.79. The van der Waals surface area contributed by atoms with Gasteiger partial charge in [0.15, 0.2) is 0 Å². The van der Waals surface area contributed by atoms with Gasteiger partial charge in [-0.1, -0.05) is 25.1 Å². The summed E-state index contributed by atoms with van der Waals surface area (Å²) < 4.78 is 5.45. The molecule has 0 saturated carbocycles. The molecule has 0 aliphatic carbocycles. The van der Waals surface area contributed by atoms with Crippen LogP contribution in [0.2, 0.25) is 0 Å². The van der Waals surface area contributed by atoms with Gasteiger partial charge < -0.3 is 9.84 Å². The summed E-state index contributed by atoms with van der Waals surface area (Å²) in [5.41, 5.74) is 0.913. The zero-order chi connectivity index (χ0) is 8.55. The quantitative estimate of drug-likeness (QED) is 0.633. The van der Waals surface area contributed by atoms with Crippen LogP contribution in [0.5, 0.6) is 5.75 Å². The first kappa shape index (κ1) is 7.62. The van der Waals surface area contributed by atoms with Crippen molar-refractivity contribution in [3.63, 3.8) is 0 Å².